The molecule has 1 aromatic carbocycles. The first kappa shape index (κ1) is 10.8. The van der Waals surface area contributed by atoms with Crippen molar-refractivity contribution in [1.29, 1.82) is 0 Å². The summed E-state index contributed by atoms with van der Waals surface area (Å²) in [6.45, 7) is 0. The van der Waals surface area contributed by atoms with Crippen LogP contribution in [0, 0.1) is 20.5 Å². The van der Waals surface area contributed by atoms with Crippen molar-refractivity contribution < 1.29 is 13.2 Å². The molecule has 0 radical (unpaired) electrons. The van der Waals surface area contributed by atoms with Crippen LogP contribution in [0.15, 0.2) is 12.1 Å². The Balaban J connectivity index is 2.55. The van der Waals surface area contributed by atoms with Crippen LogP contribution in [0.5, 0.6) is 0 Å². The van der Waals surface area contributed by atoms with Gasteiger partial charge >= 0.3 is 0 Å². The first-order chi connectivity index (χ1) is 7.08. The van der Waals surface area contributed by atoms with Gasteiger partial charge in [0.1, 0.15) is 0 Å². The smallest absolute Gasteiger partial charge is 0.194 e. The molecular formula is C8H2F3IN2S. The van der Waals surface area contributed by atoms with Gasteiger partial charge in [-0.15, -0.1) is 0 Å². The molecule has 0 unspecified atom stereocenters. The standard InChI is InChI=1S/C8H2F3IN2S/c9-4-1-3(2-5(10)6(4)11)7-13-8(12)15-14-7/h1-2H. The second kappa shape index (κ2) is 4.05. The zero-order chi connectivity index (χ0) is 11.0. The quantitative estimate of drug-likeness (QED) is 0.588. The second-order valence-corrected chi connectivity index (χ2v) is 5.13. The van der Waals surface area contributed by atoms with E-state index in [0.717, 1.165) is 23.7 Å². The highest BCUT2D eigenvalue weighted by atomic mass is 127. The number of hydrogen-bond donors (Lipinski definition) is 0. The largest absolute Gasteiger partial charge is 0.209 e. The summed E-state index contributed by atoms with van der Waals surface area (Å²) < 4.78 is 42.9. The van der Waals surface area contributed by atoms with Crippen LogP contribution in [0.3, 0.4) is 0 Å². The van der Waals surface area contributed by atoms with E-state index in [-0.39, 0.29) is 11.4 Å². The van der Waals surface area contributed by atoms with Crippen LogP contribution in [0.2, 0.25) is 0 Å². The number of aromatic nitrogens is 2. The zero-order valence-electron chi connectivity index (χ0n) is 6.97. The molecule has 2 nitrogen and oxygen atoms in total. The molecule has 0 aliphatic carbocycles. The molecule has 0 aliphatic rings. The zero-order valence-corrected chi connectivity index (χ0v) is 9.94. The molecule has 15 heavy (non-hydrogen) atoms. The van der Waals surface area contributed by atoms with E-state index in [4.69, 9.17) is 0 Å². The van der Waals surface area contributed by atoms with E-state index in [0.29, 0.717) is 3.01 Å². The maximum atomic E-state index is 12.9. The lowest BCUT2D eigenvalue weighted by atomic mass is 10.2. The van der Waals surface area contributed by atoms with E-state index in [9.17, 15) is 13.2 Å². The molecule has 0 spiro atoms. The van der Waals surface area contributed by atoms with Crippen molar-refractivity contribution in [2.45, 2.75) is 0 Å². The number of halogens is 4. The molecule has 0 saturated carbocycles. The lowest BCUT2D eigenvalue weighted by molar-refractivity contribution is 0.447. The maximum Gasteiger partial charge on any atom is 0.194 e. The Morgan fingerprint density at radius 1 is 1.13 bits per heavy atom. The van der Waals surface area contributed by atoms with Crippen molar-refractivity contribution in [3.05, 3.63) is 32.6 Å². The van der Waals surface area contributed by atoms with Crippen LogP contribution in [-0.4, -0.2) is 9.36 Å². The lowest BCUT2D eigenvalue weighted by Crippen LogP contribution is -1.92. The highest BCUT2D eigenvalue weighted by Gasteiger charge is 2.13. The average molecular weight is 342 g/mol. The van der Waals surface area contributed by atoms with Crippen molar-refractivity contribution in [1.82, 2.24) is 9.36 Å². The van der Waals surface area contributed by atoms with Gasteiger partial charge in [0, 0.05) is 5.56 Å². The van der Waals surface area contributed by atoms with Crippen LogP contribution >= 0.6 is 34.1 Å². The predicted octanol–water partition coefficient (Wildman–Crippen LogP) is 3.23. The summed E-state index contributed by atoms with van der Waals surface area (Å²) in [5, 5.41) is 0. The molecule has 0 fully saturated rings. The van der Waals surface area contributed by atoms with Crippen LogP contribution in [0.4, 0.5) is 13.2 Å². The summed E-state index contributed by atoms with van der Waals surface area (Å²) in [5.74, 6) is -3.77. The first-order valence-corrected chi connectivity index (χ1v) is 5.57. The summed E-state index contributed by atoms with van der Waals surface area (Å²) in [7, 11) is 0. The van der Waals surface area contributed by atoms with Crippen molar-refractivity contribution in [2.75, 3.05) is 0 Å². The Hall–Kier alpha value is -0.700. The normalized spacial score (nSPS) is 10.7. The monoisotopic (exact) mass is 342 g/mol. The molecule has 0 atom stereocenters. The Bertz CT molecular complexity index is 491. The summed E-state index contributed by atoms with van der Waals surface area (Å²) in [5.41, 5.74) is 0.130. The van der Waals surface area contributed by atoms with Crippen molar-refractivity contribution in [3.63, 3.8) is 0 Å². The van der Waals surface area contributed by atoms with Gasteiger partial charge in [-0.3, -0.25) is 0 Å². The summed E-state index contributed by atoms with van der Waals surface area (Å²) in [4.78, 5) is 3.93. The van der Waals surface area contributed by atoms with Gasteiger partial charge in [0.2, 0.25) is 0 Å². The Morgan fingerprint density at radius 2 is 1.73 bits per heavy atom. The third-order valence-electron chi connectivity index (χ3n) is 1.64. The molecular weight excluding hydrogens is 340 g/mol. The maximum absolute atomic E-state index is 12.9. The highest BCUT2D eigenvalue weighted by Crippen LogP contribution is 2.23. The second-order valence-electron chi connectivity index (χ2n) is 2.62. The molecule has 0 saturated heterocycles. The van der Waals surface area contributed by atoms with Gasteiger partial charge in [-0.05, 0) is 46.3 Å². The fourth-order valence-electron chi connectivity index (χ4n) is 1.01. The van der Waals surface area contributed by atoms with E-state index in [1.807, 2.05) is 22.6 Å². The van der Waals surface area contributed by atoms with Gasteiger partial charge in [0.25, 0.3) is 0 Å². The number of benzene rings is 1. The molecule has 1 aromatic heterocycles. The molecule has 2 rings (SSSR count). The van der Waals surface area contributed by atoms with Gasteiger partial charge in [0.15, 0.2) is 26.3 Å². The molecule has 1 heterocycles. The molecule has 78 valence electrons. The molecule has 0 amide bonds. The summed E-state index contributed by atoms with van der Waals surface area (Å²) >= 11 is 3.04. The first-order valence-electron chi connectivity index (χ1n) is 3.72. The third-order valence-corrected chi connectivity index (χ3v) is 2.98. The van der Waals surface area contributed by atoms with Crippen LogP contribution in [0.1, 0.15) is 0 Å². The van der Waals surface area contributed by atoms with E-state index in [1.54, 1.807) is 0 Å². The molecule has 0 bridgehead atoms. The van der Waals surface area contributed by atoms with Crippen LogP contribution < -0.4 is 0 Å². The lowest BCUT2D eigenvalue weighted by Gasteiger charge is -1.98. The Labute approximate surface area is 100 Å². The Morgan fingerprint density at radius 3 is 2.20 bits per heavy atom. The minimum Gasteiger partial charge on any atom is -0.209 e. The minimum absolute atomic E-state index is 0.130. The minimum atomic E-state index is -1.48. The number of nitrogens with zero attached hydrogens (tertiary/aromatic N) is 2. The van der Waals surface area contributed by atoms with Crippen LogP contribution in [0.25, 0.3) is 11.4 Å². The van der Waals surface area contributed by atoms with Crippen molar-refractivity contribution in [2.24, 2.45) is 0 Å². The van der Waals surface area contributed by atoms with E-state index >= 15 is 0 Å². The fraction of sp³-hybridized carbons (Fsp3) is 0. The van der Waals surface area contributed by atoms with Crippen LogP contribution in [-0.2, 0) is 0 Å². The molecule has 0 aliphatic heterocycles. The molecule has 2 aromatic rings. The topological polar surface area (TPSA) is 25.8 Å². The summed E-state index contributed by atoms with van der Waals surface area (Å²) in [6.07, 6.45) is 0. The van der Waals surface area contributed by atoms with Gasteiger partial charge in [-0.1, -0.05) is 0 Å². The van der Waals surface area contributed by atoms with Gasteiger partial charge in [0.05, 0.1) is 0 Å². The highest BCUT2D eigenvalue weighted by molar-refractivity contribution is 14.1. The van der Waals surface area contributed by atoms with Gasteiger partial charge in [-0.25, -0.2) is 18.2 Å². The van der Waals surface area contributed by atoms with Crippen molar-refractivity contribution >= 4 is 34.1 Å². The number of rotatable bonds is 1. The van der Waals surface area contributed by atoms with Gasteiger partial charge in [-0.2, -0.15) is 4.37 Å². The van der Waals surface area contributed by atoms with Gasteiger partial charge < -0.3 is 0 Å². The SMILES string of the molecule is Fc1cc(-c2nsc(I)n2)cc(F)c1F. The number of hydrogen-bond acceptors (Lipinski definition) is 3. The third kappa shape index (κ3) is 2.12. The van der Waals surface area contributed by atoms with E-state index in [2.05, 4.69) is 9.36 Å². The van der Waals surface area contributed by atoms with Crippen molar-refractivity contribution in [3.8, 4) is 11.4 Å². The fourth-order valence-corrected chi connectivity index (χ4v) is 1.97. The molecule has 0 N–H and O–H groups in total. The average Bonchev–Trinajstić information content (AvgIpc) is 2.60. The Kier molecular flexibility index (Phi) is 2.91. The van der Waals surface area contributed by atoms with E-state index in [1.165, 1.54) is 0 Å². The summed E-state index contributed by atoms with van der Waals surface area (Å²) in [6, 6.07) is 1.74. The predicted molar refractivity (Wildman–Crippen MR) is 57.9 cm³/mol. The van der Waals surface area contributed by atoms with E-state index < -0.39 is 17.5 Å². The molecule has 7 heteroatoms.